The number of hydrogen-bond donors (Lipinski definition) is 0. The number of para-hydroxylation sites is 1. The van der Waals surface area contributed by atoms with Crippen LogP contribution in [0.5, 0.6) is 0 Å². The molecule has 1 atom stereocenters. The van der Waals surface area contributed by atoms with Crippen LogP contribution >= 0.6 is 0 Å². The van der Waals surface area contributed by atoms with Gasteiger partial charge in [0, 0.05) is 0 Å². The number of halogens is 2. The van der Waals surface area contributed by atoms with Crippen molar-refractivity contribution in [3.8, 4) is 0 Å². The van der Waals surface area contributed by atoms with Crippen molar-refractivity contribution < 1.29 is 32.6 Å². The van der Waals surface area contributed by atoms with Gasteiger partial charge in [0.2, 0.25) is 0 Å². The number of nitrogens with zero attached hydrogens (tertiary/aromatic N) is 1. The predicted molar refractivity (Wildman–Crippen MR) is 114 cm³/mol. The first kappa shape index (κ1) is 21.2. The minimum atomic E-state index is -0.735. The summed E-state index contributed by atoms with van der Waals surface area (Å²) in [6, 6.07) is 18.2. The molecule has 3 aromatic rings. The van der Waals surface area contributed by atoms with Gasteiger partial charge in [-0.15, -0.1) is 0 Å². The van der Waals surface area contributed by atoms with Gasteiger partial charge in [0.25, 0.3) is 0 Å². The molecule has 2 aromatic carbocycles. The molecule has 0 N–H and O–H groups in total. The number of allylic oxidation sites excluding steroid dienone is 5. The summed E-state index contributed by atoms with van der Waals surface area (Å²) >= 11 is -0.735. The van der Waals surface area contributed by atoms with Gasteiger partial charge >= 0.3 is 179 Å². The number of aromatic nitrogens is 1. The van der Waals surface area contributed by atoms with Gasteiger partial charge in [-0.1, -0.05) is 0 Å². The number of rotatable bonds is 3. The second kappa shape index (κ2) is 8.59. The first-order valence-corrected chi connectivity index (χ1v) is 13.1. The molecule has 0 aliphatic heterocycles. The molecular formula is C26H23F2NZr. The molecule has 0 amide bonds. The third kappa shape index (κ3) is 3.30. The molecule has 3 aliphatic rings. The molecule has 1 nitrogen and oxygen atoms in total. The molecule has 30 heavy (non-hydrogen) atoms. The van der Waals surface area contributed by atoms with E-state index in [9.17, 15) is 0 Å². The molecule has 6 rings (SSSR count). The van der Waals surface area contributed by atoms with E-state index in [0.717, 1.165) is 0 Å². The van der Waals surface area contributed by atoms with E-state index >= 15 is 0 Å². The van der Waals surface area contributed by atoms with E-state index in [2.05, 4.69) is 77.4 Å². The third-order valence-electron chi connectivity index (χ3n) is 6.44. The second-order valence-electron chi connectivity index (χ2n) is 8.08. The van der Waals surface area contributed by atoms with Gasteiger partial charge in [0.1, 0.15) is 0 Å². The van der Waals surface area contributed by atoms with Gasteiger partial charge in [0.05, 0.1) is 0 Å². The summed E-state index contributed by atoms with van der Waals surface area (Å²) in [6.07, 6.45) is 15.8. The van der Waals surface area contributed by atoms with E-state index < -0.39 is 23.2 Å². The van der Waals surface area contributed by atoms with Crippen LogP contribution in [0.25, 0.3) is 22.7 Å². The second-order valence-corrected chi connectivity index (χ2v) is 11.8. The van der Waals surface area contributed by atoms with E-state index in [4.69, 9.17) is 0 Å². The molecule has 1 unspecified atom stereocenters. The number of aryl methyl sites for hydroxylation is 1. The van der Waals surface area contributed by atoms with E-state index in [1.807, 2.05) is 0 Å². The van der Waals surface area contributed by atoms with Crippen LogP contribution in [0.1, 0.15) is 45.3 Å². The zero-order chi connectivity index (χ0) is 18.5. The maximum atomic E-state index is 2.68. The quantitative estimate of drug-likeness (QED) is 0.517. The Morgan fingerprint density at radius 3 is 2.57 bits per heavy atom. The summed E-state index contributed by atoms with van der Waals surface area (Å²) < 4.78 is 5.02. The Bertz CT molecular complexity index is 1180. The summed E-state index contributed by atoms with van der Waals surface area (Å²) in [7, 11) is 0. The average Bonchev–Trinajstić information content (AvgIpc) is 3.45. The van der Waals surface area contributed by atoms with Crippen LogP contribution in [0.15, 0.2) is 70.0 Å². The topological polar surface area (TPSA) is 4.93 Å². The monoisotopic (exact) mass is 477 g/mol. The Morgan fingerprint density at radius 2 is 1.70 bits per heavy atom. The third-order valence-corrected chi connectivity index (χ3v) is 10.5. The largest absolute Gasteiger partial charge is 1.00 e. The smallest absolute Gasteiger partial charge is 1.00 e. The fourth-order valence-electron chi connectivity index (χ4n) is 5.18. The molecule has 0 saturated heterocycles. The fourth-order valence-corrected chi connectivity index (χ4v) is 9.06. The summed E-state index contributed by atoms with van der Waals surface area (Å²) in [5.41, 5.74) is 9.20. The molecule has 0 saturated carbocycles. The maximum Gasteiger partial charge on any atom is -1.00 e. The molecule has 0 fully saturated rings. The van der Waals surface area contributed by atoms with Gasteiger partial charge in [0.15, 0.2) is 0 Å². The van der Waals surface area contributed by atoms with Crippen LogP contribution in [0.2, 0.25) is 0 Å². The van der Waals surface area contributed by atoms with Crippen LogP contribution in [0.3, 0.4) is 0 Å². The SMILES string of the molecule is C1=CC[C]([Zr+2][CH]2C(n3c4c(c5ccccc53)CCCC4)=Cc3ccccc32)=C1.[F-].[F-]. The Morgan fingerprint density at radius 1 is 0.900 bits per heavy atom. The molecule has 0 radical (unpaired) electrons. The molecule has 3 aliphatic carbocycles. The van der Waals surface area contributed by atoms with Gasteiger partial charge in [-0.3, -0.25) is 0 Å². The minimum Gasteiger partial charge on any atom is -1.00 e. The number of fused-ring (bicyclic) bond motifs is 4. The van der Waals surface area contributed by atoms with E-state index in [0.29, 0.717) is 3.63 Å². The van der Waals surface area contributed by atoms with Gasteiger partial charge in [-0.05, 0) is 0 Å². The van der Waals surface area contributed by atoms with Crippen LogP contribution in [0, 0.1) is 0 Å². The van der Waals surface area contributed by atoms with Gasteiger partial charge in [-0.2, -0.15) is 0 Å². The zero-order valence-electron chi connectivity index (χ0n) is 16.7. The van der Waals surface area contributed by atoms with Crippen LogP contribution in [0.4, 0.5) is 0 Å². The van der Waals surface area contributed by atoms with Crippen molar-refractivity contribution in [3.05, 3.63) is 92.4 Å². The van der Waals surface area contributed by atoms with Crippen molar-refractivity contribution >= 4 is 22.7 Å². The van der Waals surface area contributed by atoms with Crippen molar-refractivity contribution in [3.63, 3.8) is 0 Å². The standard InChI is InChI=1S/C21H18N.C5H5.2FH.Zr/c1-2-8-16-14-17(13-15(16)7-1)22-20-11-5-3-9-18(20)19-10-4-6-12-21(19)22;1-2-4-5-3-1;;;/h1-3,5,7-9,11,13-14H,4,6,10,12H2;1-3H,4H2;2*1H;/q;;;;+2/p-2. The molecule has 1 heterocycles. The summed E-state index contributed by atoms with van der Waals surface area (Å²) in [4.78, 5) is 0. The Labute approximate surface area is 187 Å². The minimum absolute atomic E-state index is 0. The van der Waals surface area contributed by atoms with E-state index in [1.54, 1.807) is 25.8 Å². The van der Waals surface area contributed by atoms with Crippen LogP contribution in [-0.4, -0.2) is 4.57 Å². The molecule has 4 heteroatoms. The van der Waals surface area contributed by atoms with Gasteiger partial charge in [-0.25, -0.2) is 0 Å². The zero-order valence-corrected chi connectivity index (χ0v) is 19.2. The van der Waals surface area contributed by atoms with E-state index in [-0.39, 0.29) is 9.41 Å². The Hall–Kier alpha value is -2.06. The summed E-state index contributed by atoms with van der Waals surface area (Å²) in [6.45, 7) is 0. The normalized spacial score (nSPS) is 18.6. The average molecular weight is 479 g/mol. The van der Waals surface area contributed by atoms with Crippen LogP contribution in [-0.2, 0) is 36.1 Å². The van der Waals surface area contributed by atoms with Crippen molar-refractivity contribution in [2.45, 2.75) is 35.7 Å². The van der Waals surface area contributed by atoms with Crippen molar-refractivity contribution in [1.29, 1.82) is 0 Å². The van der Waals surface area contributed by atoms with Gasteiger partial charge < -0.3 is 9.41 Å². The van der Waals surface area contributed by atoms with Crippen LogP contribution < -0.4 is 9.41 Å². The predicted octanol–water partition coefficient (Wildman–Crippen LogP) is 0.507. The number of hydrogen-bond acceptors (Lipinski definition) is 0. The fraction of sp³-hybridized carbons (Fsp3) is 0.231. The first-order chi connectivity index (χ1) is 13.9. The Kier molecular flexibility index (Phi) is 6.07. The summed E-state index contributed by atoms with van der Waals surface area (Å²) in [5, 5.41) is 1.49. The van der Waals surface area contributed by atoms with E-state index in [1.165, 1.54) is 48.6 Å². The summed E-state index contributed by atoms with van der Waals surface area (Å²) in [5.74, 6) is 0. The molecular weight excluding hydrogens is 456 g/mol. The first-order valence-electron chi connectivity index (χ1n) is 10.4. The van der Waals surface area contributed by atoms with Crippen molar-refractivity contribution in [1.82, 2.24) is 4.57 Å². The molecule has 0 spiro atoms. The molecule has 0 bridgehead atoms. The maximum absolute atomic E-state index is 2.68. The molecule has 150 valence electrons. The number of benzene rings is 2. The van der Waals surface area contributed by atoms with Crippen molar-refractivity contribution in [2.24, 2.45) is 0 Å². The Balaban J connectivity index is 0.00000109. The van der Waals surface area contributed by atoms with Crippen molar-refractivity contribution in [2.75, 3.05) is 0 Å². The molecule has 1 aromatic heterocycles.